The Labute approximate surface area is 119 Å². The molecule has 1 fully saturated rings. The van der Waals surface area contributed by atoms with E-state index in [9.17, 15) is 9.59 Å². The smallest absolute Gasteiger partial charge is 0.251 e. The summed E-state index contributed by atoms with van der Waals surface area (Å²) in [5.74, 6) is 0.0316. The van der Waals surface area contributed by atoms with Gasteiger partial charge in [0.15, 0.2) is 0 Å². The van der Waals surface area contributed by atoms with Crippen LogP contribution in [0.1, 0.15) is 22.3 Å². The quantitative estimate of drug-likeness (QED) is 0.683. The van der Waals surface area contributed by atoms with Crippen molar-refractivity contribution < 1.29 is 9.59 Å². The van der Waals surface area contributed by atoms with E-state index in [1.807, 2.05) is 19.1 Å². The summed E-state index contributed by atoms with van der Waals surface area (Å²) in [5.41, 5.74) is 1.76. The monoisotopic (exact) mass is 275 g/mol. The van der Waals surface area contributed by atoms with E-state index in [4.69, 9.17) is 0 Å². The summed E-state index contributed by atoms with van der Waals surface area (Å²) >= 11 is 0. The van der Waals surface area contributed by atoms with Gasteiger partial charge in [0.05, 0.1) is 5.92 Å². The zero-order chi connectivity index (χ0) is 14.4. The van der Waals surface area contributed by atoms with E-state index in [0.717, 1.165) is 25.1 Å². The van der Waals surface area contributed by atoms with Crippen LogP contribution in [0.2, 0.25) is 0 Å². The molecule has 1 aliphatic heterocycles. The van der Waals surface area contributed by atoms with Crippen molar-refractivity contribution in [3.63, 3.8) is 0 Å². The van der Waals surface area contributed by atoms with Gasteiger partial charge in [-0.1, -0.05) is 17.7 Å². The molecule has 0 aliphatic carbocycles. The van der Waals surface area contributed by atoms with Gasteiger partial charge in [0.1, 0.15) is 0 Å². The normalized spacial score (nSPS) is 17.8. The van der Waals surface area contributed by atoms with Gasteiger partial charge in [-0.3, -0.25) is 9.59 Å². The molecule has 1 aliphatic rings. The lowest BCUT2D eigenvalue weighted by atomic mass is 10.1. The number of hydrogen-bond donors (Lipinski definition) is 3. The van der Waals surface area contributed by atoms with Gasteiger partial charge in [-0.2, -0.15) is 0 Å². The second kappa shape index (κ2) is 7.05. The van der Waals surface area contributed by atoms with Crippen molar-refractivity contribution in [2.45, 2.75) is 13.3 Å². The van der Waals surface area contributed by atoms with Crippen LogP contribution in [0.25, 0.3) is 0 Å². The lowest BCUT2D eigenvalue weighted by molar-refractivity contribution is -0.124. The van der Waals surface area contributed by atoms with Crippen LogP contribution in [-0.4, -0.2) is 38.0 Å². The molecule has 5 heteroatoms. The van der Waals surface area contributed by atoms with Crippen LogP contribution >= 0.6 is 0 Å². The number of hydrogen-bond acceptors (Lipinski definition) is 3. The third-order valence-electron chi connectivity index (χ3n) is 3.45. The van der Waals surface area contributed by atoms with Crippen LogP contribution in [0.3, 0.4) is 0 Å². The molecule has 1 aromatic carbocycles. The van der Waals surface area contributed by atoms with Gasteiger partial charge >= 0.3 is 0 Å². The highest BCUT2D eigenvalue weighted by Gasteiger charge is 2.21. The van der Waals surface area contributed by atoms with Gasteiger partial charge in [0, 0.05) is 25.2 Å². The SMILES string of the molecule is Cc1ccc(C(=O)NCCNC(=O)C2CCNC2)cc1. The summed E-state index contributed by atoms with van der Waals surface area (Å²) in [6.07, 6.45) is 0.890. The maximum absolute atomic E-state index is 11.8. The van der Waals surface area contributed by atoms with E-state index < -0.39 is 0 Å². The molecule has 0 saturated carbocycles. The number of aryl methyl sites for hydroxylation is 1. The topological polar surface area (TPSA) is 70.2 Å². The van der Waals surface area contributed by atoms with Crippen molar-refractivity contribution in [2.75, 3.05) is 26.2 Å². The Morgan fingerprint density at radius 3 is 2.55 bits per heavy atom. The van der Waals surface area contributed by atoms with Crippen LogP contribution in [0.15, 0.2) is 24.3 Å². The summed E-state index contributed by atoms with van der Waals surface area (Å²) < 4.78 is 0. The molecular weight excluding hydrogens is 254 g/mol. The minimum absolute atomic E-state index is 0.0691. The molecule has 108 valence electrons. The number of nitrogens with one attached hydrogen (secondary N) is 3. The zero-order valence-corrected chi connectivity index (χ0v) is 11.7. The molecular formula is C15H21N3O2. The number of amides is 2. The Bertz CT molecular complexity index is 465. The molecule has 5 nitrogen and oxygen atoms in total. The minimum Gasteiger partial charge on any atom is -0.354 e. The van der Waals surface area contributed by atoms with Crippen LogP contribution in [-0.2, 0) is 4.79 Å². The summed E-state index contributed by atoms with van der Waals surface area (Å²) in [6.45, 7) is 4.55. The molecule has 20 heavy (non-hydrogen) atoms. The first kappa shape index (κ1) is 14.5. The molecule has 3 N–H and O–H groups in total. The van der Waals surface area contributed by atoms with Gasteiger partial charge in [-0.25, -0.2) is 0 Å². The van der Waals surface area contributed by atoms with Crippen molar-refractivity contribution in [1.82, 2.24) is 16.0 Å². The third kappa shape index (κ3) is 4.06. The van der Waals surface area contributed by atoms with Crippen LogP contribution < -0.4 is 16.0 Å². The van der Waals surface area contributed by atoms with Crippen LogP contribution in [0.4, 0.5) is 0 Å². The first-order valence-corrected chi connectivity index (χ1v) is 7.00. The summed E-state index contributed by atoms with van der Waals surface area (Å²) in [4.78, 5) is 23.6. The molecule has 2 amide bonds. The van der Waals surface area contributed by atoms with Gasteiger partial charge < -0.3 is 16.0 Å². The molecule has 1 heterocycles. The Morgan fingerprint density at radius 1 is 1.20 bits per heavy atom. The first-order valence-electron chi connectivity index (χ1n) is 7.00. The van der Waals surface area contributed by atoms with Crippen molar-refractivity contribution in [3.8, 4) is 0 Å². The summed E-state index contributed by atoms with van der Waals surface area (Å²) in [6, 6.07) is 7.41. The third-order valence-corrected chi connectivity index (χ3v) is 3.45. The molecule has 1 atom stereocenters. The van der Waals surface area contributed by atoms with Crippen LogP contribution in [0, 0.1) is 12.8 Å². The molecule has 0 spiro atoms. The van der Waals surface area contributed by atoms with E-state index >= 15 is 0 Å². The maximum Gasteiger partial charge on any atom is 0.251 e. The van der Waals surface area contributed by atoms with Crippen molar-refractivity contribution in [2.24, 2.45) is 5.92 Å². The lowest BCUT2D eigenvalue weighted by Crippen LogP contribution is -2.38. The Balaban J connectivity index is 1.66. The molecule has 2 rings (SSSR count). The van der Waals surface area contributed by atoms with Gasteiger partial charge in [-0.05, 0) is 32.0 Å². The van der Waals surface area contributed by atoms with E-state index in [1.54, 1.807) is 12.1 Å². The van der Waals surface area contributed by atoms with E-state index in [2.05, 4.69) is 16.0 Å². The number of carbonyl (C=O) groups is 2. The number of rotatable bonds is 5. The fraction of sp³-hybridized carbons (Fsp3) is 0.467. The van der Waals surface area contributed by atoms with Gasteiger partial charge in [0.2, 0.25) is 5.91 Å². The predicted octanol–water partition coefficient (Wildman–Crippen LogP) is 0.451. The summed E-state index contributed by atoms with van der Waals surface area (Å²) in [5, 5.41) is 8.80. The largest absolute Gasteiger partial charge is 0.354 e. The Kier molecular flexibility index (Phi) is 5.12. The van der Waals surface area contributed by atoms with Crippen molar-refractivity contribution >= 4 is 11.8 Å². The highest BCUT2D eigenvalue weighted by atomic mass is 16.2. The first-order chi connectivity index (χ1) is 9.66. The highest BCUT2D eigenvalue weighted by Crippen LogP contribution is 2.06. The Morgan fingerprint density at radius 2 is 1.90 bits per heavy atom. The van der Waals surface area contributed by atoms with Crippen LogP contribution in [0.5, 0.6) is 0 Å². The maximum atomic E-state index is 11.8. The summed E-state index contributed by atoms with van der Waals surface area (Å²) in [7, 11) is 0. The van der Waals surface area contributed by atoms with Crippen molar-refractivity contribution in [1.29, 1.82) is 0 Å². The van der Waals surface area contributed by atoms with Gasteiger partial charge in [0.25, 0.3) is 5.91 Å². The molecule has 0 radical (unpaired) electrons. The lowest BCUT2D eigenvalue weighted by Gasteiger charge is -2.10. The highest BCUT2D eigenvalue weighted by molar-refractivity contribution is 5.94. The van der Waals surface area contributed by atoms with Gasteiger partial charge in [-0.15, -0.1) is 0 Å². The molecule has 0 bridgehead atoms. The number of carbonyl (C=O) groups excluding carboxylic acids is 2. The second-order valence-corrected chi connectivity index (χ2v) is 5.10. The van der Waals surface area contributed by atoms with E-state index in [-0.39, 0.29) is 17.7 Å². The van der Waals surface area contributed by atoms with Crippen molar-refractivity contribution in [3.05, 3.63) is 35.4 Å². The Hall–Kier alpha value is -1.88. The molecule has 1 saturated heterocycles. The predicted molar refractivity (Wildman–Crippen MR) is 77.5 cm³/mol. The number of benzene rings is 1. The zero-order valence-electron chi connectivity index (χ0n) is 11.7. The average Bonchev–Trinajstić information content (AvgIpc) is 2.98. The minimum atomic E-state index is -0.109. The fourth-order valence-corrected chi connectivity index (χ4v) is 2.19. The standard InChI is InChI=1S/C15H21N3O2/c1-11-2-4-12(5-3-11)14(19)17-8-9-18-15(20)13-6-7-16-10-13/h2-5,13,16H,6-10H2,1H3,(H,17,19)(H,18,20). The fourth-order valence-electron chi connectivity index (χ4n) is 2.19. The molecule has 1 aromatic rings. The molecule has 1 unspecified atom stereocenters. The molecule has 0 aromatic heterocycles. The van der Waals surface area contributed by atoms with E-state index in [1.165, 1.54) is 0 Å². The van der Waals surface area contributed by atoms with E-state index in [0.29, 0.717) is 18.7 Å². The average molecular weight is 275 g/mol. The second-order valence-electron chi connectivity index (χ2n) is 5.10.